The highest BCUT2D eigenvalue weighted by molar-refractivity contribution is 5.47. The van der Waals surface area contributed by atoms with E-state index in [9.17, 15) is 5.11 Å². The van der Waals surface area contributed by atoms with E-state index in [-0.39, 0.29) is 0 Å². The number of aliphatic hydroxyl groups is 1. The highest BCUT2D eigenvalue weighted by atomic mass is 16.5. The zero-order valence-electron chi connectivity index (χ0n) is 7.73. The van der Waals surface area contributed by atoms with Crippen molar-refractivity contribution in [2.24, 2.45) is 0 Å². The predicted octanol–water partition coefficient (Wildman–Crippen LogP) is 1.34. The Bertz CT molecular complexity index is 263. The number of ether oxygens (including phenoxy) is 1. The molecule has 0 heterocycles. The number of rotatable bonds is 4. The van der Waals surface area contributed by atoms with Gasteiger partial charge in [0.25, 0.3) is 0 Å². The first-order valence-electron chi connectivity index (χ1n) is 4.36. The fourth-order valence-electron chi connectivity index (χ4n) is 1.13. The Labute approximate surface area is 78.1 Å². The molecule has 3 heteroatoms. The summed E-state index contributed by atoms with van der Waals surface area (Å²) in [4.78, 5) is 0. The Morgan fingerprint density at radius 2 is 2.15 bits per heavy atom. The fourth-order valence-corrected chi connectivity index (χ4v) is 1.13. The lowest BCUT2D eigenvalue weighted by molar-refractivity contribution is 0.0424. The van der Waals surface area contributed by atoms with Gasteiger partial charge in [0.1, 0.15) is 6.10 Å². The number of benzene rings is 1. The van der Waals surface area contributed by atoms with Gasteiger partial charge in [0.05, 0.1) is 6.61 Å². The Kier molecular flexibility index (Phi) is 3.73. The second-order valence-electron chi connectivity index (χ2n) is 2.80. The maximum atomic E-state index is 9.63. The van der Waals surface area contributed by atoms with Crippen molar-refractivity contribution in [3.63, 3.8) is 0 Å². The zero-order chi connectivity index (χ0) is 9.68. The maximum absolute atomic E-state index is 9.63. The van der Waals surface area contributed by atoms with Crippen LogP contribution in [0, 0.1) is 0 Å². The summed E-state index contributed by atoms with van der Waals surface area (Å²) in [5.41, 5.74) is 7.02. The van der Waals surface area contributed by atoms with Crippen molar-refractivity contribution in [2.45, 2.75) is 13.0 Å². The highest BCUT2D eigenvalue weighted by Gasteiger charge is 2.09. The number of hydrogen-bond acceptors (Lipinski definition) is 3. The lowest BCUT2D eigenvalue weighted by Gasteiger charge is -2.12. The molecule has 13 heavy (non-hydrogen) atoms. The van der Waals surface area contributed by atoms with Crippen LogP contribution in [0.15, 0.2) is 24.3 Å². The molecular weight excluding hydrogens is 166 g/mol. The second-order valence-corrected chi connectivity index (χ2v) is 2.80. The Morgan fingerprint density at radius 3 is 2.77 bits per heavy atom. The van der Waals surface area contributed by atoms with Gasteiger partial charge in [-0.25, -0.2) is 0 Å². The van der Waals surface area contributed by atoms with E-state index in [1.54, 1.807) is 12.1 Å². The van der Waals surface area contributed by atoms with Crippen molar-refractivity contribution >= 4 is 5.69 Å². The van der Waals surface area contributed by atoms with Gasteiger partial charge < -0.3 is 15.6 Å². The van der Waals surface area contributed by atoms with Crippen LogP contribution in [0.2, 0.25) is 0 Å². The smallest absolute Gasteiger partial charge is 0.104 e. The summed E-state index contributed by atoms with van der Waals surface area (Å²) in [6, 6.07) is 7.26. The third kappa shape index (κ3) is 2.72. The van der Waals surface area contributed by atoms with E-state index in [1.807, 2.05) is 19.1 Å². The quantitative estimate of drug-likeness (QED) is 0.689. The van der Waals surface area contributed by atoms with Crippen LogP contribution in [0.4, 0.5) is 5.69 Å². The third-order valence-electron chi connectivity index (χ3n) is 1.83. The molecule has 0 radical (unpaired) electrons. The molecule has 0 spiro atoms. The molecular formula is C10H15NO2. The molecule has 0 saturated heterocycles. The van der Waals surface area contributed by atoms with Gasteiger partial charge in [-0.3, -0.25) is 0 Å². The van der Waals surface area contributed by atoms with Gasteiger partial charge in [-0.15, -0.1) is 0 Å². The Morgan fingerprint density at radius 1 is 1.46 bits per heavy atom. The largest absolute Gasteiger partial charge is 0.398 e. The lowest BCUT2D eigenvalue weighted by Crippen LogP contribution is -2.09. The van der Waals surface area contributed by atoms with Crippen LogP contribution in [0.25, 0.3) is 0 Å². The van der Waals surface area contributed by atoms with Crippen LogP contribution in [0.3, 0.4) is 0 Å². The topological polar surface area (TPSA) is 55.5 Å². The van der Waals surface area contributed by atoms with Crippen molar-refractivity contribution in [2.75, 3.05) is 18.9 Å². The van der Waals surface area contributed by atoms with Gasteiger partial charge in [0.2, 0.25) is 0 Å². The molecule has 72 valence electrons. The van der Waals surface area contributed by atoms with Crippen molar-refractivity contribution in [3.8, 4) is 0 Å². The van der Waals surface area contributed by atoms with Crippen LogP contribution in [0.1, 0.15) is 18.6 Å². The Balaban J connectivity index is 2.65. The van der Waals surface area contributed by atoms with Crippen LogP contribution < -0.4 is 5.73 Å². The fraction of sp³-hybridized carbons (Fsp3) is 0.400. The number of anilines is 1. The molecule has 0 bridgehead atoms. The van der Waals surface area contributed by atoms with E-state index < -0.39 is 6.10 Å². The minimum absolute atomic E-state index is 0.296. The number of aliphatic hydroxyl groups excluding tert-OH is 1. The van der Waals surface area contributed by atoms with Gasteiger partial charge in [-0.05, 0) is 13.0 Å². The molecule has 1 unspecified atom stereocenters. The van der Waals surface area contributed by atoms with E-state index in [1.165, 1.54) is 0 Å². The van der Waals surface area contributed by atoms with Crippen LogP contribution in [0.5, 0.6) is 0 Å². The summed E-state index contributed by atoms with van der Waals surface area (Å²) >= 11 is 0. The zero-order valence-corrected chi connectivity index (χ0v) is 7.73. The summed E-state index contributed by atoms with van der Waals surface area (Å²) in [6.45, 7) is 2.79. The first kappa shape index (κ1) is 10.0. The molecule has 0 aliphatic heterocycles. The maximum Gasteiger partial charge on any atom is 0.104 e. The molecule has 1 aromatic rings. The standard InChI is InChI=1S/C10H15NO2/c1-2-13-7-10(12)8-5-3-4-6-9(8)11/h3-6,10,12H,2,7,11H2,1H3. The number of para-hydroxylation sites is 1. The van der Waals surface area contributed by atoms with Crippen LogP contribution in [-0.4, -0.2) is 18.3 Å². The average molecular weight is 181 g/mol. The summed E-state index contributed by atoms with van der Waals surface area (Å²) in [5.74, 6) is 0. The average Bonchev–Trinajstić information content (AvgIpc) is 2.15. The summed E-state index contributed by atoms with van der Waals surface area (Å²) in [7, 11) is 0. The first-order chi connectivity index (χ1) is 6.25. The second kappa shape index (κ2) is 4.84. The molecule has 3 N–H and O–H groups in total. The molecule has 0 aliphatic rings. The summed E-state index contributed by atoms with van der Waals surface area (Å²) in [6.07, 6.45) is -0.624. The highest BCUT2D eigenvalue weighted by Crippen LogP contribution is 2.19. The van der Waals surface area contributed by atoms with Gasteiger partial charge in [-0.1, -0.05) is 18.2 Å². The first-order valence-corrected chi connectivity index (χ1v) is 4.36. The summed E-state index contributed by atoms with van der Waals surface area (Å²) in [5, 5.41) is 9.63. The van der Waals surface area contributed by atoms with Gasteiger partial charge >= 0.3 is 0 Å². The van der Waals surface area contributed by atoms with Crippen molar-refractivity contribution in [3.05, 3.63) is 29.8 Å². The van der Waals surface area contributed by atoms with Gasteiger partial charge in [0.15, 0.2) is 0 Å². The van der Waals surface area contributed by atoms with E-state index in [0.29, 0.717) is 18.9 Å². The van der Waals surface area contributed by atoms with E-state index in [0.717, 1.165) is 5.56 Å². The molecule has 1 rings (SSSR count). The van der Waals surface area contributed by atoms with E-state index in [2.05, 4.69) is 0 Å². The molecule has 0 aromatic heterocycles. The molecule has 1 aromatic carbocycles. The molecule has 3 nitrogen and oxygen atoms in total. The molecule has 0 aliphatic carbocycles. The normalized spacial score (nSPS) is 12.8. The third-order valence-corrected chi connectivity index (χ3v) is 1.83. The van der Waals surface area contributed by atoms with Gasteiger partial charge in [0, 0.05) is 17.9 Å². The monoisotopic (exact) mass is 181 g/mol. The van der Waals surface area contributed by atoms with Crippen molar-refractivity contribution < 1.29 is 9.84 Å². The lowest BCUT2D eigenvalue weighted by atomic mass is 10.1. The number of nitrogen functional groups attached to an aromatic ring is 1. The van der Waals surface area contributed by atoms with Gasteiger partial charge in [-0.2, -0.15) is 0 Å². The van der Waals surface area contributed by atoms with Crippen LogP contribution >= 0.6 is 0 Å². The predicted molar refractivity (Wildman–Crippen MR) is 52.3 cm³/mol. The SMILES string of the molecule is CCOCC(O)c1ccccc1N. The van der Waals surface area contributed by atoms with E-state index >= 15 is 0 Å². The Hall–Kier alpha value is -1.06. The minimum atomic E-state index is -0.624. The van der Waals surface area contributed by atoms with Crippen molar-refractivity contribution in [1.29, 1.82) is 0 Å². The summed E-state index contributed by atoms with van der Waals surface area (Å²) < 4.78 is 5.10. The van der Waals surface area contributed by atoms with Crippen molar-refractivity contribution in [1.82, 2.24) is 0 Å². The number of hydrogen-bond donors (Lipinski definition) is 2. The van der Waals surface area contributed by atoms with E-state index in [4.69, 9.17) is 10.5 Å². The van der Waals surface area contributed by atoms with Crippen LogP contribution in [-0.2, 0) is 4.74 Å². The molecule has 1 atom stereocenters. The molecule has 0 amide bonds. The molecule has 0 saturated carbocycles. The molecule has 0 fully saturated rings. The number of nitrogens with two attached hydrogens (primary N) is 1. The minimum Gasteiger partial charge on any atom is -0.398 e.